The van der Waals surface area contributed by atoms with E-state index in [9.17, 15) is 0 Å². The van der Waals surface area contributed by atoms with Crippen LogP contribution >= 0.6 is 0 Å². The first-order valence-corrected chi connectivity index (χ1v) is 3.90. The minimum atomic E-state index is 1.03. The molecule has 1 aromatic carbocycles. The van der Waals surface area contributed by atoms with E-state index in [2.05, 4.69) is 39.8 Å². The summed E-state index contributed by atoms with van der Waals surface area (Å²) >= 11 is 2.87. The third-order valence-electron chi connectivity index (χ3n) is 1.16. The number of hydrogen-bond acceptors (Lipinski definition) is 0. The molecule has 0 aliphatic rings. The van der Waals surface area contributed by atoms with Crippen LogP contribution in [0.3, 0.4) is 0 Å². The Morgan fingerprint density at radius 2 is 1.89 bits per heavy atom. The van der Waals surface area contributed by atoms with Gasteiger partial charge in [-0.1, -0.05) is 0 Å². The summed E-state index contributed by atoms with van der Waals surface area (Å²) < 4.78 is 0. The topological polar surface area (TPSA) is 0 Å². The summed E-state index contributed by atoms with van der Waals surface area (Å²) in [6.07, 6.45) is 1.03. The fourth-order valence-electron chi connectivity index (χ4n) is 0.710. The van der Waals surface area contributed by atoms with Gasteiger partial charge in [0.15, 0.2) is 0 Å². The first-order chi connectivity index (χ1) is 4.43. The van der Waals surface area contributed by atoms with Gasteiger partial charge in [-0.2, -0.15) is 0 Å². The SMILES string of the molecule is [Se]=CCc1ccccc1. The molecule has 0 unspecified atom stereocenters. The summed E-state index contributed by atoms with van der Waals surface area (Å²) in [5.41, 5.74) is 1.36. The van der Waals surface area contributed by atoms with Crippen molar-refractivity contribution in [2.75, 3.05) is 0 Å². The summed E-state index contributed by atoms with van der Waals surface area (Å²) in [6.45, 7) is 0. The van der Waals surface area contributed by atoms with Crippen LogP contribution in [0.4, 0.5) is 0 Å². The van der Waals surface area contributed by atoms with Crippen molar-refractivity contribution in [2.24, 2.45) is 0 Å². The molecule has 0 atom stereocenters. The van der Waals surface area contributed by atoms with Gasteiger partial charge in [0.1, 0.15) is 0 Å². The Hall–Kier alpha value is -0.391. The predicted molar refractivity (Wildman–Crippen MR) is 42.0 cm³/mol. The van der Waals surface area contributed by atoms with Crippen LogP contribution in [0.1, 0.15) is 5.56 Å². The van der Waals surface area contributed by atoms with E-state index >= 15 is 0 Å². The summed E-state index contributed by atoms with van der Waals surface area (Å²) in [6, 6.07) is 10.4. The molecule has 0 bridgehead atoms. The van der Waals surface area contributed by atoms with Crippen LogP contribution in [0, 0.1) is 0 Å². The molecular weight excluding hydrogens is 175 g/mol. The molecule has 0 aromatic heterocycles. The van der Waals surface area contributed by atoms with Gasteiger partial charge in [0, 0.05) is 0 Å². The predicted octanol–water partition coefficient (Wildman–Crippen LogP) is 1.20. The van der Waals surface area contributed by atoms with Crippen molar-refractivity contribution in [2.45, 2.75) is 6.42 Å². The van der Waals surface area contributed by atoms with Gasteiger partial charge in [0.25, 0.3) is 0 Å². The molecule has 1 rings (SSSR count). The van der Waals surface area contributed by atoms with Crippen LogP contribution in [-0.2, 0) is 6.42 Å². The van der Waals surface area contributed by atoms with Gasteiger partial charge < -0.3 is 0 Å². The van der Waals surface area contributed by atoms with Gasteiger partial charge in [0.2, 0.25) is 0 Å². The zero-order valence-corrected chi connectivity index (χ0v) is 6.79. The van der Waals surface area contributed by atoms with E-state index < -0.39 is 0 Å². The summed E-state index contributed by atoms with van der Waals surface area (Å²) in [5.74, 6) is 0. The molecule has 0 fully saturated rings. The van der Waals surface area contributed by atoms with Crippen LogP contribution in [0.15, 0.2) is 30.3 Å². The van der Waals surface area contributed by atoms with Gasteiger partial charge in [-0.25, -0.2) is 0 Å². The van der Waals surface area contributed by atoms with E-state index in [1.165, 1.54) is 5.56 Å². The van der Waals surface area contributed by atoms with E-state index in [-0.39, 0.29) is 0 Å². The fraction of sp³-hybridized carbons (Fsp3) is 0.125. The molecule has 0 saturated heterocycles. The maximum atomic E-state index is 2.87. The molecule has 9 heavy (non-hydrogen) atoms. The van der Waals surface area contributed by atoms with Crippen molar-refractivity contribution in [3.05, 3.63) is 35.9 Å². The molecule has 0 N–H and O–H groups in total. The molecule has 0 spiro atoms. The molecule has 1 heteroatoms. The molecule has 0 saturated carbocycles. The molecule has 0 radical (unpaired) electrons. The van der Waals surface area contributed by atoms with Gasteiger partial charge in [-0.15, -0.1) is 0 Å². The van der Waals surface area contributed by atoms with Crippen LogP contribution in [-0.4, -0.2) is 20.5 Å². The van der Waals surface area contributed by atoms with E-state index in [4.69, 9.17) is 0 Å². The molecule has 0 aliphatic heterocycles. The molecule has 0 amide bonds. The Morgan fingerprint density at radius 3 is 2.44 bits per heavy atom. The molecule has 0 heterocycles. The Bertz CT molecular complexity index is 179. The summed E-state index contributed by atoms with van der Waals surface area (Å²) in [5, 5.41) is 0. The van der Waals surface area contributed by atoms with Crippen molar-refractivity contribution in [3.63, 3.8) is 0 Å². The molecule has 46 valence electrons. The molecular formula is C8H8Se. The first kappa shape index (κ1) is 6.73. The monoisotopic (exact) mass is 184 g/mol. The van der Waals surface area contributed by atoms with Gasteiger partial charge in [-0.3, -0.25) is 0 Å². The van der Waals surface area contributed by atoms with Crippen LogP contribution in [0.5, 0.6) is 0 Å². The molecule has 0 nitrogen and oxygen atoms in total. The van der Waals surface area contributed by atoms with Crippen molar-refractivity contribution >= 4 is 20.5 Å². The second-order valence-electron chi connectivity index (χ2n) is 1.86. The maximum absolute atomic E-state index is 2.87. The average molecular weight is 183 g/mol. The number of rotatable bonds is 2. The van der Waals surface area contributed by atoms with Gasteiger partial charge in [0.05, 0.1) is 0 Å². The Labute approximate surface area is 63.3 Å². The van der Waals surface area contributed by atoms with Crippen LogP contribution < -0.4 is 0 Å². The normalized spacial score (nSPS) is 8.89. The second-order valence-corrected chi connectivity index (χ2v) is 2.56. The number of benzene rings is 1. The quantitative estimate of drug-likeness (QED) is 0.604. The third-order valence-corrected chi connectivity index (χ3v) is 1.51. The number of hydrogen-bond donors (Lipinski definition) is 0. The van der Waals surface area contributed by atoms with Crippen LogP contribution in [0.25, 0.3) is 0 Å². The van der Waals surface area contributed by atoms with E-state index in [1.807, 2.05) is 11.0 Å². The zero-order valence-electron chi connectivity index (χ0n) is 5.08. The van der Waals surface area contributed by atoms with Crippen molar-refractivity contribution in [1.29, 1.82) is 0 Å². The standard InChI is InChI=1S/C8H8Se/c9-7-6-8-4-2-1-3-5-8/h1-5,7H,6H2. The fourth-order valence-corrected chi connectivity index (χ4v) is 1.11. The summed E-state index contributed by atoms with van der Waals surface area (Å²) in [7, 11) is 0. The molecule has 1 aromatic rings. The first-order valence-electron chi connectivity index (χ1n) is 2.91. The van der Waals surface area contributed by atoms with Crippen LogP contribution in [0.2, 0.25) is 0 Å². The minimum absolute atomic E-state index is 1.03. The van der Waals surface area contributed by atoms with Crippen molar-refractivity contribution in [3.8, 4) is 0 Å². The van der Waals surface area contributed by atoms with Crippen molar-refractivity contribution < 1.29 is 0 Å². The van der Waals surface area contributed by atoms with Gasteiger partial charge in [-0.05, 0) is 0 Å². The Kier molecular flexibility index (Phi) is 2.69. The van der Waals surface area contributed by atoms with Crippen molar-refractivity contribution in [1.82, 2.24) is 0 Å². The van der Waals surface area contributed by atoms with Gasteiger partial charge >= 0.3 is 62.8 Å². The summed E-state index contributed by atoms with van der Waals surface area (Å²) in [4.78, 5) is 2.04. The Balaban J connectivity index is 2.72. The zero-order chi connectivity index (χ0) is 6.53. The second kappa shape index (κ2) is 3.60. The van der Waals surface area contributed by atoms with E-state index in [0.29, 0.717) is 0 Å². The third kappa shape index (κ3) is 2.13. The Morgan fingerprint density at radius 1 is 1.22 bits per heavy atom. The molecule has 0 aliphatic carbocycles. The average Bonchev–Trinajstić information content (AvgIpc) is 1.91. The van der Waals surface area contributed by atoms with E-state index in [0.717, 1.165) is 6.42 Å². The van der Waals surface area contributed by atoms with E-state index in [1.54, 1.807) is 0 Å².